The van der Waals surface area contributed by atoms with E-state index in [1.807, 2.05) is 6.92 Å². The monoisotopic (exact) mass is 223 g/mol. The number of hydrogen-bond donors (Lipinski definition) is 1. The first-order valence-electron chi connectivity index (χ1n) is 5.43. The lowest BCUT2D eigenvalue weighted by molar-refractivity contribution is -0.122. The minimum absolute atomic E-state index is 0.0285. The zero-order chi connectivity index (χ0) is 12.0. The summed E-state index contributed by atoms with van der Waals surface area (Å²) in [6.07, 6.45) is 4.74. The van der Waals surface area contributed by atoms with Gasteiger partial charge in [-0.2, -0.15) is 0 Å². The molecule has 0 radical (unpaired) electrons. The Hall–Kier alpha value is -1.65. The molecule has 88 valence electrons. The molecule has 5 heteroatoms. The van der Waals surface area contributed by atoms with Crippen molar-refractivity contribution in [3.63, 3.8) is 0 Å². The molecule has 5 nitrogen and oxygen atoms in total. The maximum absolute atomic E-state index is 11.6. The quantitative estimate of drug-likeness (QED) is 0.792. The van der Waals surface area contributed by atoms with E-state index in [9.17, 15) is 9.59 Å². The number of nitrogens with one attached hydrogen (secondary N) is 1. The van der Waals surface area contributed by atoms with Crippen LogP contribution in [0.1, 0.15) is 26.7 Å². The Bertz CT molecular complexity index is 400. The molecule has 1 amide bonds. The minimum atomic E-state index is -0.215. The van der Waals surface area contributed by atoms with Gasteiger partial charge in [-0.15, -0.1) is 0 Å². The highest BCUT2D eigenvalue weighted by atomic mass is 16.2. The molecule has 1 N–H and O–H groups in total. The van der Waals surface area contributed by atoms with Gasteiger partial charge in [0.15, 0.2) is 0 Å². The average molecular weight is 223 g/mol. The molecule has 0 spiro atoms. The Morgan fingerprint density at radius 2 is 2.38 bits per heavy atom. The molecule has 16 heavy (non-hydrogen) atoms. The number of hydrogen-bond acceptors (Lipinski definition) is 3. The molecule has 0 aliphatic rings. The van der Waals surface area contributed by atoms with Crippen molar-refractivity contribution in [1.82, 2.24) is 14.9 Å². The number of amides is 1. The van der Waals surface area contributed by atoms with Crippen LogP contribution < -0.4 is 10.9 Å². The molecule has 1 unspecified atom stereocenters. The van der Waals surface area contributed by atoms with Crippen LogP contribution in [-0.2, 0) is 11.3 Å². The number of nitrogens with zero attached hydrogens (tertiary/aromatic N) is 2. The van der Waals surface area contributed by atoms with Crippen LogP contribution in [0.25, 0.3) is 0 Å². The first-order chi connectivity index (χ1) is 7.63. The summed E-state index contributed by atoms with van der Waals surface area (Å²) < 4.78 is 1.29. The van der Waals surface area contributed by atoms with Crippen molar-refractivity contribution >= 4 is 5.91 Å². The van der Waals surface area contributed by atoms with E-state index in [0.29, 0.717) is 0 Å². The van der Waals surface area contributed by atoms with Crippen molar-refractivity contribution < 1.29 is 4.79 Å². The van der Waals surface area contributed by atoms with Gasteiger partial charge in [0.25, 0.3) is 5.56 Å². The highest BCUT2D eigenvalue weighted by Gasteiger charge is 2.07. The Morgan fingerprint density at radius 1 is 1.62 bits per heavy atom. The van der Waals surface area contributed by atoms with E-state index < -0.39 is 0 Å². The fourth-order valence-electron chi connectivity index (χ4n) is 1.48. The second kappa shape index (κ2) is 6.05. The lowest BCUT2D eigenvalue weighted by atomic mass is 10.2. The summed E-state index contributed by atoms with van der Waals surface area (Å²) >= 11 is 0. The van der Waals surface area contributed by atoms with Crippen molar-refractivity contribution in [3.05, 3.63) is 28.9 Å². The smallest absolute Gasteiger partial charge is 0.253 e. The van der Waals surface area contributed by atoms with Crippen molar-refractivity contribution in [2.45, 2.75) is 39.3 Å². The Labute approximate surface area is 94.5 Å². The van der Waals surface area contributed by atoms with E-state index in [4.69, 9.17) is 0 Å². The van der Waals surface area contributed by atoms with Gasteiger partial charge in [-0.3, -0.25) is 14.2 Å². The first kappa shape index (κ1) is 12.4. The molecule has 0 aliphatic heterocycles. The summed E-state index contributed by atoms with van der Waals surface area (Å²) in [5.41, 5.74) is -0.215. The second-order valence-electron chi connectivity index (χ2n) is 3.80. The molecule has 0 saturated heterocycles. The van der Waals surface area contributed by atoms with Gasteiger partial charge in [0.2, 0.25) is 5.91 Å². The topological polar surface area (TPSA) is 64.0 Å². The number of carbonyl (C=O) groups excluding carboxylic acids is 1. The molecule has 1 rings (SSSR count). The maximum atomic E-state index is 11.6. The molecule has 1 atom stereocenters. The van der Waals surface area contributed by atoms with Crippen LogP contribution >= 0.6 is 0 Å². The Balaban J connectivity index is 2.52. The van der Waals surface area contributed by atoms with Crippen molar-refractivity contribution in [2.24, 2.45) is 0 Å². The molecule has 1 heterocycles. The van der Waals surface area contributed by atoms with Crippen LogP contribution in [0.2, 0.25) is 0 Å². The van der Waals surface area contributed by atoms with E-state index in [-0.39, 0.29) is 24.1 Å². The summed E-state index contributed by atoms with van der Waals surface area (Å²) in [7, 11) is 0. The van der Waals surface area contributed by atoms with Crippen LogP contribution in [0, 0.1) is 0 Å². The lowest BCUT2D eigenvalue weighted by Crippen LogP contribution is -2.37. The van der Waals surface area contributed by atoms with Gasteiger partial charge < -0.3 is 5.32 Å². The molecule has 0 bridgehead atoms. The number of carbonyl (C=O) groups is 1. The lowest BCUT2D eigenvalue weighted by Gasteiger charge is -2.12. The number of rotatable bonds is 5. The van der Waals surface area contributed by atoms with Gasteiger partial charge in [0, 0.05) is 18.3 Å². The van der Waals surface area contributed by atoms with Gasteiger partial charge in [-0.25, -0.2) is 4.98 Å². The maximum Gasteiger partial charge on any atom is 0.253 e. The molecule has 0 aromatic carbocycles. The van der Waals surface area contributed by atoms with Gasteiger partial charge >= 0.3 is 0 Å². The van der Waals surface area contributed by atoms with Crippen LogP contribution in [0.4, 0.5) is 0 Å². The van der Waals surface area contributed by atoms with Gasteiger partial charge in [0.05, 0.1) is 6.33 Å². The Morgan fingerprint density at radius 3 is 3.00 bits per heavy atom. The summed E-state index contributed by atoms with van der Waals surface area (Å²) in [4.78, 5) is 26.7. The number of aromatic nitrogens is 2. The van der Waals surface area contributed by atoms with Crippen LogP contribution in [-0.4, -0.2) is 21.5 Å². The molecular formula is C11H17N3O2. The third-order valence-electron chi connectivity index (χ3n) is 2.24. The van der Waals surface area contributed by atoms with Crippen molar-refractivity contribution in [3.8, 4) is 0 Å². The summed E-state index contributed by atoms with van der Waals surface area (Å²) in [6, 6.07) is 1.48. The van der Waals surface area contributed by atoms with E-state index in [2.05, 4.69) is 17.2 Å². The predicted molar refractivity (Wildman–Crippen MR) is 61.0 cm³/mol. The predicted octanol–water partition coefficient (Wildman–Crippen LogP) is 0.548. The third kappa shape index (κ3) is 3.84. The normalized spacial score (nSPS) is 12.1. The molecule has 0 aliphatic carbocycles. The molecular weight excluding hydrogens is 206 g/mol. The van der Waals surface area contributed by atoms with Crippen molar-refractivity contribution in [2.75, 3.05) is 0 Å². The Kier molecular flexibility index (Phi) is 4.69. The summed E-state index contributed by atoms with van der Waals surface area (Å²) in [5, 5.41) is 2.83. The van der Waals surface area contributed by atoms with Crippen LogP contribution in [0.5, 0.6) is 0 Å². The SMILES string of the molecule is CCCC(C)NC(=O)Cn1cnccc1=O. The summed E-state index contributed by atoms with van der Waals surface area (Å²) in [6.45, 7) is 4.04. The molecule has 1 aromatic heterocycles. The van der Waals surface area contributed by atoms with Crippen LogP contribution in [0.3, 0.4) is 0 Å². The van der Waals surface area contributed by atoms with Gasteiger partial charge in [-0.1, -0.05) is 13.3 Å². The van der Waals surface area contributed by atoms with Gasteiger partial charge in [-0.05, 0) is 13.3 Å². The van der Waals surface area contributed by atoms with E-state index >= 15 is 0 Å². The average Bonchev–Trinajstić information content (AvgIpc) is 2.21. The van der Waals surface area contributed by atoms with E-state index in [0.717, 1.165) is 12.8 Å². The minimum Gasteiger partial charge on any atom is -0.352 e. The van der Waals surface area contributed by atoms with Crippen molar-refractivity contribution in [1.29, 1.82) is 0 Å². The largest absolute Gasteiger partial charge is 0.352 e. The molecule has 0 saturated carbocycles. The standard InChI is InChI=1S/C11H17N3O2/c1-3-4-9(2)13-10(15)7-14-8-12-6-5-11(14)16/h5-6,8-9H,3-4,7H2,1-2H3,(H,13,15). The van der Waals surface area contributed by atoms with Gasteiger partial charge in [0.1, 0.15) is 6.54 Å². The third-order valence-corrected chi connectivity index (χ3v) is 2.24. The fraction of sp³-hybridized carbons (Fsp3) is 0.545. The second-order valence-corrected chi connectivity index (χ2v) is 3.80. The highest BCUT2D eigenvalue weighted by Crippen LogP contribution is 1.94. The van der Waals surface area contributed by atoms with E-state index in [1.54, 1.807) is 0 Å². The highest BCUT2D eigenvalue weighted by molar-refractivity contribution is 5.75. The molecule has 1 aromatic rings. The zero-order valence-corrected chi connectivity index (χ0v) is 9.64. The first-order valence-corrected chi connectivity index (χ1v) is 5.43. The van der Waals surface area contributed by atoms with E-state index in [1.165, 1.54) is 23.2 Å². The summed E-state index contributed by atoms with van der Waals surface area (Å²) in [5.74, 6) is -0.156. The fourth-order valence-corrected chi connectivity index (χ4v) is 1.48. The molecule has 0 fully saturated rings. The zero-order valence-electron chi connectivity index (χ0n) is 9.64. The van der Waals surface area contributed by atoms with Crippen LogP contribution in [0.15, 0.2) is 23.4 Å².